The maximum atomic E-state index is 8.44. The van der Waals surface area contributed by atoms with Crippen molar-refractivity contribution in [3.05, 3.63) is 12.4 Å². The number of aromatic nitrogens is 2. The van der Waals surface area contributed by atoms with E-state index in [4.69, 9.17) is 5.26 Å². The molecule has 6 heteroatoms. The molecule has 6 nitrogen and oxygen atoms in total. The van der Waals surface area contributed by atoms with Gasteiger partial charge in [0.25, 0.3) is 0 Å². The number of nitrogens with zero attached hydrogens (tertiary/aromatic N) is 4. The summed E-state index contributed by atoms with van der Waals surface area (Å²) in [4.78, 5) is 10.1. The van der Waals surface area contributed by atoms with E-state index in [0.717, 1.165) is 25.3 Å². The molecular formula is C10H16N6. The first-order chi connectivity index (χ1) is 7.72. The van der Waals surface area contributed by atoms with Crippen molar-refractivity contribution in [2.75, 3.05) is 37.8 Å². The second-order valence-corrected chi connectivity index (χ2v) is 3.61. The summed E-state index contributed by atoms with van der Waals surface area (Å²) in [6.45, 7) is 1.88. The minimum Gasteiger partial charge on any atom is -0.370 e. The van der Waals surface area contributed by atoms with Crippen molar-refractivity contribution in [2.24, 2.45) is 0 Å². The van der Waals surface area contributed by atoms with Crippen LogP contribution in [-0.4, -0.2) is 42.1 Å². The second kappa shape index (κ2) is 6.58. The van der Waals surface area contributed by atoms with Crippen molar-refractivity contribution in [1.29, 1.82) is 5.26 Å². The third kappa shape index (κ3) is 4.57. The van der Waals surface area contributed by atoms with E-state index in [9.17, 15) is 0 Å². The summed E-state index contributed by atoms with van der Waals surface area (Å²) in [5.41, 5.74) is 0. The molecule has 0 radical (unpaired) electrons. The van der Waals surface area contributed by atoms with Gasteiger partial charge in [0, 0.05) is 12.6 Å². The molecule has 86 valence electrons. The lowest BCUT2D eigenvalue weighted by molar-refractivity contribution is 0.405. The lowest BCUT2D eigenvalue weighted by Gasteiger charge is -2.10. The maximum Gasteiger partial charge on any atom is 0.182 e. The third-order valence-corrected chi connectivity index (χ3v) is 1.94. The van der Waals surface area contributed by atoms with Crippen molar-refractivity contribution in [3.63, 3.8) is 0 Å². The van der Waals surface area contributed by atoms with E-state index in [0.29, 0.717) is 5.82 Å². The first-order valence-electron chi connectivity index (χ1n) is 5.08. The van der Waals surface area contributed by atoms with Crippen molar-refractivity contribution < 1.29 is 0 Å². The van der Waals surface area contributed by atoms with Gasteiger partial charge < -0.3 is 10.2 Å². The molecule has 0 aliphatic rings. The van der Waals surface area contributed by atoms with Crippen LogP contribution in [0.3, 0.4) is 0 Å². The lowest BCUT2D eigenvalue weighted by Crippen LogP contribution is -2.16. The minimum atomic E-state index is 0.507. The fourth-order valence-corrected chi connectivity index (χ4v) is 1.19. The van der Waals surface area contributed by atoms with Gasteiger partial charge >= 0.3 is 0 Å². The van der Waals surface area contributed by atoms with Gasteiger partial charge in [-0.25, -0.2) is 9.97 Å². The Morgan fingerprint density at radius 1 is 1.38 bits per heavy atom. The van der Waals surface area contributed by atoms with Crippen LogP contribution in [0.1, 0.15) is 6.42 Å². The van der Waals surface area contributed by atoms with E-state index in [2.05, 4.69) is 25.5 Å². The molecule has 0 fully saturated rings. The largest absolute Gasteiger partial charge is 0.370 e. The van der Waals surface area contributed by atoms with Crippen LogP contribution in [0.15, 0.2) is 12.4 Å². The first kappa shape index (κ1) is 12.2. The van der Waals surface area contributed by atoms with Crippen molar-refractivity contribution >= 4 is 11.6 Å². The van der Waals surface area contributed by atoms with Crippen LogP contribution in [0.2, 0.25) is 0 Å². The van der Waals surface area contributed by atoms with Gasteiger partial charge in [-0.05, 0) is 27.1 Å². The fraction of sp³-hybridized carbons (Fsp3) is 0.500. The summed E-state index contributed by atoms with van der Waals surface area (Å²) in [6, 6.07) is 1.71. The molecule has 2 N–H and O–H groups in total. The predicted molar refractivity (Wildman–Crippen MR) is 62.9 cm³/mol. The Kier molecular flexibility index (Phi) is 5.02. The molecule has 1 aromatic heterocycles. The molecular weight excluding hydrogens is 204 g/mol. The van der Waals surface area contributed by atoms with Crippen LogP contribution < -0.4 is 10.6 Å². The van der Waals surface area contributed by atoms with E-state index >= 15 is 0 Å². The fourth-order valence-electron chi connectivity index (χ4n) is 1.19. The Bertz CT molecular complexity index is 357. The van der Waals surface area contributed by atoms with Gasteiger partial charge in [0.15, 0.2) is 6.19 Å². The first-order valence-corrected chi connectivity index (χ1v) is 5.08. The topological polar surface area (TPSA) is 76.9 Å². The quantitative estimate of drug-likeness (QED) is 0.418. The van der Waals surface area contributed by atoms with Gasteiger partial charge in [-0.1, -0.05) is 0 Å². The second-order valence-electron chi connectivity index (χ2n) is 3.61. The normalized spacial score (nSPS) is 9.88. The number of hydrogen-bond acceptors (Lipinski definition) is 6. The number of rotatable bonds is 6. The summed E-state index contributed by atoms with van der Waals surface area (Å²) in [5, 5.41) is 14.1. The zero-order chi connectivity index (χ0) is 11.8. The standard InChI is InChI=1S/C10H16N6/c1-16(2)5-3-4-12-9-6-10(13-7-11)15-8-14-9/h6,8H,3-5H2,1-2H3,(H2,12,13,14,15). The van der Waals surface area contributed by atoms with E-state index in [1.54, 1.807) is 6.07 Å². The van der Waals surface area contributed by atoms with Crippen LogP contribution >= 0.6 is 0 Å². The van der Waals surface area contributed by atoms with Crippen molar-refractivity contribution in [2.45, 2.75) is 6.42 Å². The number of nitriles is 1. The SMILES string of the molecule is CN(C)CCCNc1cc(NC#N)ncn1. The maximum absolute atomic E-state index is 8.44. The van der Waals surface area contributed by atoms with E-state index < -0.39 is 0 Å². The highest BCUT2D eigenvalue weighted by Gasteiger charge is 1.97. The molecule has 0 aliphatic carbocycles. The van der Waals surface area contributed by atoms with Crippen LogP contribution in [0.5, 0.6) is 0 Å². The zero-order valence-corrected chi connectivity index (χ0v) is 9.56. The predicted octanol–water partition coefficient (Wildman–Crippen LogP) is 0.733. The highest BCUT2D eigenvalue weighted by molar-refractivity contribution is 5.48. The van der Waals surface area contributed by atoms with E-state index in [1.165, 1.54) is 6.33 Å². The summed E-state index contributed by atoms with van der Waals surface area (Å²) in [7, 11) is 4.08. The number of nitrogens with one attached hydrogen (secondary N) is 2. The highest BCUT2D eigenvalue weighted by Crippen LogP contribution is 2.07. The summed E-state index contributed by atoms with van der Waals surface area (Å²) < 4.78 is 0. The number of anilines is 2. The molecule has 0 atom stereocenters. The Balaban J connectivity index is 2.36. The van der Waals surface area contributed by atoms with Gasteiger partial charge in [0.05, 0.1) is 0 Å². The summed E-state index contributed by atoms with van der Waals surface area (Å²) >= 11 is 0. The molecule has 0 bridgehead atoms. The van der Waals surface area contributed by atoms with Crippen molar-refractivity contribution in [3.8, 4) is 6.19 Å². The molecule has 0 saturated carbocycles. The highest BCUT2D eigenvalue weighted by atomic mass is 15.1. The molecule has 0 unspecified atom stereocenters. The smallest absolute Gasteiger partial charge is 0.182 e. The molecule has 0 saturated heterocycles. The Labute approximate surface area is 95.3 Å². The Morgan fingerprint density at radius 2 is 2.12 bits per heavy atom. The molecule has 0 amide bonds. The van der Waals surface area contributed by atoms with Gasteiger partial charge in [-0.3, -0.25) is 5.32 Å². The van der Waals surface area contributed by atoms with E-state index in [1.807, 2.05) is 20.3 Å². The monoisotopic (exact) mass is 220 g/mol. The van der Waals surface area contributed by atoms with Crippen LogP contribution in [0, 0.1) is 11.5 Å². The molecule has 1 heterocycles. The van der Waals surface area contributed by atoms with Gasteiger partial charge in [-0.2, -0.15) is 5.26 Å². The molecule has 0 spiro atoms. The Morgan fingerprint density at radius 3 is 2.81 bits per heavy atom. The molecule has 1 aromatic rings. The minimum absolute atomic E-state index is 0.507. The average molecular weight is 220 g/mol. The molecule has 1 rings (SSSR count). The van der Waals surface area contributed by atoms with Gasteiger partial charge in [-0.15, -0.1) is 0 Å². The van der Waals surface area contributed by atoms with Crippen LogP contribution in [-0.2, 0) is 0 Å². The summed E-state index contributed by atoms with van der Waals surface area (Å²) in [5.74, 6) is 1.24. The van der Waals surface area contributed by atoms with Crippen LogP contribution in [0.4, 0.5) is 11.6 Å². The van der Waals surface area contributed by atoms with Gasteiger partial charge in [0.1, 0.15) is 18.0 Å². The molecule has 16 heavy (non-hydrogen) atoms. The zero-order valence-electron chi connectivity index (χ0n) is 9.56. The summed E-state index contributed by atoms with van der Waals surface area (Å²) in [6.07, 6.45) is 4.28. The third-order valence-electron chi connectivity index (χ3n) is 1.94. The van der Waals surface area contributed by atoms with Crippen LogP contribution in [0.25, 0.3) is 0 Å². The lowest BCUT2D eigenvalue weighted by atomic mass is 10.4. The Hall–Kier alpha value is -1.87. The molecule has 0 aromatic carbocycles. The van der Waals surface area contributed by atoms with Gasteiger partial charge in [0.2, 0.25) is 0 Å². The van der Waals surface area contributed by atoms with E-state index in [-0.39, 0.29) is 0 Å². The number of hydrogen-bond donors (Lipinski definition) is 2. The molecule has 0 aliphatic heterocycles. The average Bonchev–Trinajstić information content (AvgIpc) is 2.25. The van der Waals surface area contributed by atoms with Crippen molar-refractivity contribution in [1.82, 2.24) is 14.9 Å².